The van der Waals surface area contributed by atoms with Crippen molar-refractivity contribution in [1.82, 2.24) is 19.9 Å². The van der Waals surface area contributed by atoms with Gasteiger partial charge < -0.3 is 19.5 Å². The molecule has 1 aliphatic rings. The lowest BCUT2D eigenvalue weighted by Gasteiger charge is -2.39. The minimum absolute atomic E-state index is 0.0107. The van der Waals surface area contributed by atoms with Gasteiger partial charge in [0.15, 0.2) is 0 Å². The van der Waals surface area contributed by atoms with E-state index in [1.807, 2.05) is 42.3 Å². The molecule has 2 atom stereocenters. The van der Waals surface area contributed by atoms with Crippen molar-refractivity contribution >= 4 is 40.3 Å². The summed E-state index contributed by atoms with van der Waals surface area (Å²) in [5.74, 6) is 5.21. The smallest absolute Gasteiger partial charge is 0.424 e. The number of amides is 2. The number of aromatic amines is 1. The van der Waals surface area contributed by atoms with E-state index in [1.54, 1.807) is 45.2 Å². The van der Waals surface area contributed by atoms with Crippen molar-refractivity contribution in [2.24, 2.45) is 11.8 Å². The number of hydrazine groups is 1. The number of aromatic nitrogens is 2. The maximum atomic E-state index is 14.2. The van der Waals surface area contributed by atoms with E-state index in [0.717, 1.165) is 38.4 Å². The van der Waals surface area contributed by atoms with Gasteiger partial charge in [-0.3, -0.25) is 4.79 Å². The highest BCUT2D eigenvalue weighted by molar-refractivity contribution is 6.30. The highest BCUT2D eigenvalue weighted by atomic mass is 35.5. The maximum Gasteiger partial charge on any atom is 0.424 e. The molecule has 2 aromatic carbocycles. The summed E-state index contributed by atoms with van der Waals surface area (Å²) >= 11 is 6.18. The fraction of sp³-hybridized carbons (Fsp3) is 0.382. The summed E-state index contributed by atoms with van der Waals surface area (Å²) in [5, 5.41) is 2.61. The average Bonchev–Trinajstić information content (AvgIpc) is 3.48. The van der Waals surface area contributed by atoms with Gasteiger partial charge in [0.25, 0.3) is 0 Å². The molecule has 1 saturated heterocycles. The molecule has 1 fully saturated rings. The Balaban J connectivity index is 1.33. The Morgan fingerprint density at radius 1 is 1.11 bits per heavy atom. The number of benzene rings is 2. The number of nitrogens with two attached hydrogens (primary N) is 1. The van der Waals surface area contributed by atoms with Gasteiger partial charge >= 0.3 is 6.09 Å². The van der Waals surface area contributed by atoms with Gasteiger partial charge in [-0.25, -0.2) is 25.0 Å². The topological polar surface area (TPSA) is 108 Å². The van der Waals surface area contributed by atoms with Crippen LogP contribution in [0.25, 0.3) is 22.2 Å². The van der Waals surface area contributed by atoms with Crippen molar-refractivity contribution in [2.45, 2.75) is 45.6 Å². The van der Waals surface area contributed by atoms with Crippen molar-refractivity contribution in [1.29, 1.82) is 0 Å². The summed E-state index contributed by atoms with van der Waals surface area (Å²) in [6.45, 7) is 9.77. The van der Waals surface area contributed by atoms with E-state index >= 15 is 0 Å². The zero-order chi connectivity index (χ0) is 32.3. The molecule has 238 valence electrons. The van der Waals surface area contributed by atoms with E-state index in [2.05, 4.69) is 14.9 Å². The molecule has 3 N–H and O–H groups in total. The average molecular weight is 635 g/mol. The fourth-order valence-electron chi connectivity index (χ4n) is 5.85. The maximum absolute atomic E-state index is 14.2. The van der Waals surface area contributed by atoms with Crippen molar-refractivity contribution < 1.29 is 18.7 Å². The van der Waals surface area contributed by atoms with Gasteiger partial charge in [-0.15, -0.1) is 0 Å². The standard InChI is InChI=1S/C34H40ClFN6O3/c1-22(21-42(37)33(44)45-34(2,3)4)18-28(23-8-10-25(35)11-9-23)32(43)41-16-14-40(15-17-41)30-27-12-13-38-31(27)39-20-29(30)24-6-5-7-26(36)19-24/h5-13,19-20,22,28H,14-18,21,37H2,1-4H3,(H,38,39)/t22?,28-/m1/s1. The summed E-state index contributed by atoms with van der Waals surface area (Å²) in [7, 11) is 0. The van der Waals surface area contributed by atoms with Crippen LogP contribution in [0.4, 0.5) is 14.9 Å². The number of carbonyl (C=O) groups excluding carboxylic acids is 2. The lowest BCUT2D eigenvalue weighted by atomic mass is 9.88. The minimum atomic E-state index is -0.664. The number of piperazine rings is 1. The minimum Gasteiger partial charge on any atom is -0.443 e. The van der Waals surface area contributed by atoms with Gasteiger partial charge in [-0.05, 0) is 74.6 Å². The van der Waals surface area contributed by atoms with Gasteiger partial charge in [-0.2, -0.15) is 0 Å². The number of rotatable bonds is 8. The Labute approximate surface area is 268 Å². The summed E-state index contributed by atoms with van der Waals surface area (Å²) < 4.78 is 19.6. The van der Waals surface area contributed by atoms with E-state index in [1.165, 1.54) is 12.1 Å². The second kappa shape index (κ2) is 13.5. The van der Waals surface area contributed by atoms with Crippen LogP contribution in [0.5, 0.6) is 0 Å². The number of pyridine rings is 1. The molecule has 45 heavy (non-hydrogen) atoms. The van der Waals surface area contributed by atoms with Crippen LogP contribution >= 0.6 is 11.6 Å². The van der Waals surface area contributed by atoms with Crippen molar-refractivity contribution in [3.8, 4) is 11.1 Å². The van der Waals surface area contributed by atoms with E-state index in [9.17, 15) is 14.0 Å². The van der Waals surface area contributed by atoms with Gasteiger partial charge in [-0.1, -0.05) is 42.8 Å². The zero-order valence-corrected chi connectivity index (χ0v) is 26.9. The molecule has 11 heteroatoms. The first-order valence-corrected chi connectivity index (χ1v) is 15.5. The third-order valence-electron chi connectivity index (χ3n) is 7.95. The fourth-order valence-corrected chi connectivity index (χ4v) is 5.98. The molecule has 4 aromatic rings. The molecule has 0 saturated carbocycles. The van der Waals surface area contributed by atoms with Gasteiger partial charge in [0.2, 0.25) is 5.91 Å². The Kier molecular flexibility index (Phi) is 9.65. The SMILES string of the molecule is CC(C[C@@H](C(=O)N1CCN(c2c(-c3cccc(F)c3)cnc3[nH]ccc23)CC1)c1ccc(Cl)cc1)CN(N)C(=O)OC(C)(C)C. The molecule has 0 aliphatic carbocycles. The molecule has 0 radical (unpaired) electrons. The third-order valence-corrected chi connectivity index (χ3v) is 8.20. The van der Waals surface area contributed by atoms with Crippen LogP contribution in [-0.4, -0.2) is 70.2 Å². The van der Waals surface area contributed by atoms with E-state index in [0.29, 0.717) is 37.6 Å². The number of ether oxygens (including phenoxy) is 1. The number of fused-ring (bicyclic) bond motifs is 1. The Morgan fingerprint density at radius 2 is 1.82 bits per heavy atom. The van der Waals surface area contributed by atoms with Crippen LogP contribution in [0.2, 0.25) is 5.02 Å². The molecular formula is C34H40ClFN6O3. The van der Waals surface area contributed by atoms with Crippen LogP contribution in [0.15, 0.2) is 67.0 Å². The van der Waals surface area contributed by atoms with Crippen LogP contribution < -0.4 is 10.7 Å². The summed E-state index contributed by atoms with van der Waals surface area (Å²) in [6.07, 6.45) is 3.50. The monoisotopic (exact) mass is 634 g/mol. The Morgan fingerprint density at radius 3 is 2.49 bits per heavy atom. The lowest BCUT2D eigenvalue weighted by Crippen LogP contribution is -2.50. The number of halogens is 2. The zero-order valence-electron chi connectivity index (χ0n) is 26.1. The normalized spacial score (nSPS) is 15.2. The van der Waals surface area contributed by atoms with Crippen LogP contribution in [0, 0.1) is 11.7 Å². The van der Waals surface area contributed by atoms with E-state index in [-0.39, 0.29) is 24.2 Å². The van der Waals surface area contributed by atoms with E-state index in [4.69, 9.17) is 22.2 Å². The van der Waals surface area contributed by atoms with Gasteiger partial charge in [0.05, 0.1) is 11.6 Å². The number of anilines is 1. The molecule has 9 nitrogen and oxygen atoms in total. The molecule has 5 rings (SSSR count). The molecule has 3 heterocycles. The van der Waals surface area contributed by atoms with Gasteiger partial charge in [0.1, 0.15) is 17.1 Å². The first kappa shape index (κ1) is 32.2. The molecule has 0 bridgehead atoms. The predicted octanol–water partition coefficient (Wildman–Crippen LogP) is 6.59. The number of H-pyrrole nitrogens is 1. The largest absolute Gasteiger partial charge is 0.443 e. The number of hydrogen-bond acceptors (Lipinski definition) is 6. The summed E-state index contributed by atoms with van der Waals surface area (Å²) in [6, 6.07) is 15.8. The summed E-state index contributed by atoms with van der Waals surface area (Å²) in [4.78, 5) is 38.5. The Bertz CT molecular complexity index is 1650. The highest BCUT2D eigenvalue weighted by Crippen LogP contribution is 2.37. The van der Waals surface area contributed by atoms with Crippen molar-refractivity contribution in [3.63, 3.8) is 0 Å². The number of carbonyl (C=O) groups is 2. The van der Waals surface area contributed by atoms with Crippen molar-refractivity contribution in [3.05, 3.63) is 83.4 Å². The second-order valence-electron chi connectivity index (χ2n) is 12.7. The number of nitrogens with zero attached hydrogens (tertiary/aromatic N) is 4. The molecule has 1 unspecified atom stereocenters. The summed E-state index contributed by atoms with van der Waals surface area (Å²) in [5.41, 5.74) is 3.49. The number of nitrogens with one attached hydrogen (secondary N) is 1. The molecular weight excluding hydrogens is 595 g/mol. The van der Waals surface area contributed by atoms with Gasteiger partial charge in [0, 0.05) is 61.1 Å². The molecule has 2 amide bonds. The highest BCUT2D eigenvalue weighted by Gasteiger charge is 2.32. The quantitative estimate of drug-likeness (QED) is 0.129. The first-order chi connectivity index (χ1) is 21.4. The van der Waals surface area contributed by atoms with E-state index < -0.39 is 17.6 Å². The molecule has 2 aromatic heterocycles. The lowest BCUT2D eigenvalue weighted by molar-refractivity contribution is -0.133. The third kappa shape index (κ3) is 7.75. The van der Waals surface area contributed by atoms with Crippen LogP contribution in [0.3, 0.4) is 0 Å². The first-order valence-electron chi connectivity index (χ1n) is 15.2. The predicted molar refractivity (Wildman–Crippen MR) is 175 cm³/mol. The van der Waals surface area contributed by atoms with Crippen LogP contribution in [-0.2, 0) is 9.53 Å². The molecule has 1 aliphatic heterocycles. The second-order valence-corrected chi connectivity index (χ2v) is 13.1. The Hall–Kier alpha value is -4.15. The van der Waals surface area contributed by atoms with Crippen molar-refractivity contribution in [2.75, 3.05) is 37.6 Å². The number of hydrogen-bond donors (Lipinski definition) is 2. The van der Waals surface area contributed by atoms with Crippen LogP contribution in [0.1, 0.15) is 45.6 Å². The molecule has 0 spiro atoms.